The average Bonchev–Trinajstić information content (AvgIpc) is 2.22. The highest BCUT2D eigenvalue weighted by Gasteiger charge is 2.12. The fourth-order valence-corrected chi connectivity index (χ4v) is 1.60. The molecule has 0 saturated heterocycles. The lowest BCUT2D eigenvalue weighted by Gasteiger charge is -2.10. The third kappa shape index (κ3) is 2.89. The van der Waals surface area contributed by atoms with Crippen molar-refractivity contribution in [1.29, 1.82) is 0 Å². The molecule has 0 heterocycles. The zero-order valence-corrected chi connectivity index (χ0v) is 9.49. The van der Waals surface area contributed by atoms with E-state index in [4.69, 9.17) is 5.11 Å². The van der Waals surface area contributed by atoms with E-state index in [1.165, 1.54) is 0 Å². The summed E-state index contributed by atoms with van der Waals surface area (Å²) in [5.74, 6) is -0.0555. The fourth-order valence-electron chi connectivity index (χ4n) is 1.60. The molecule has 0 aliphatic heterocycles. The summed E-state index contributed by atoms with van der Waals surface area (Å²) in [6.45, 7) is 3.94. The first-order valence-corrected chi connectivity index (χ1v) is 5.34. The van der Waals surface area contributed by atoms with Gasteiger partial charge in [-0.1, -0.05) is 26.3 Å². The molecular weight excluding hydrogens is 208 g/mol. The van der Waals surface area contributed by atoms with Gasteiger partial charge in [0.1, 0.15) is 0 Å². The Bertz CT molecular complexity index is 385. The summed E-state index contributed by atoms with van der Waals surface area (Å²) >= 11 is 0. The average molecular weight is 224 g/mol. The van der Waals surface area contributed by atoms with Crippen molar-refractivity contribution in [1.82, 2.24) is 0 Å². The summed E-state index contributed by atoms with van der Waals surface area (Å²) in [4.78, 5) is 10.5. The van der Waals surface area contributed by atoms with E-state index >= 15 is 0 Å². The Balaban J connectivity index is 3.13. The van der Waals surface area contributed by atoms with Crippen LogP contribution in [0.5, 0.6) is 11.5 Å². The molecule has 0 amide bonds. The Morgan fingerprint density at radius 1 is 1.38 bits per heavy atom. The summed E-state index contributed by atoms with van der Waals surface area (Å²) < 4.78 is 4.54. The lowest BCUT2D eigenvalue weighted by molar-refractivity contribution is 0.142. The van der Waals surface area contributed by atoms with E-state index in [1.807, 2.05) is 19.9 Å². The van der Waals surface area contributed by atoms with E-state index in [2.05, 4.69) is 4.74 Å². The van der Waals surface area contributed by atoms with Crippen LogP contribution in [0.2, 0.25) is 0 Å². The van der Waals surface area contributed by atoms with Crippen molar-refractivity contribution >= 4 is 6.16 Å². The molecular formula is C12H16O4. The molecule has 0 bridgehead atoms. The zero-order chi connectivity index (χ0) is 12.1. The van der Waals surface area contributed by atoms with Gasteiger partial charge in [-0.25, -0.2) is 4.79 Å². The number of hydrogen-bond donors (Lipinski definition) is 2. The van der Waals surface area contributed by atoms with E-state index in [-0.39, 0.29) is 11.5 Å². The topological polar surface area (TPSA) is 66.8 Å². The zero-order valence-electron chi connectivity index (χ0n) is 9.49. The molecule has 1 aromatic carbocycles. The summed E-state index contributed by atoms with van der Waals surface area (Å²) in [6, 6.07) is 3.46. The molecule has 1 rings (SSSR count). The van der Waals surface area contributed by atoms with Crippen LogP contribution < -0.4 is 4.74 Å². The molecule has 0 aliphatic carbocycles. The van der Waals surface area contributed by atoms with Gasteiger partial charge in [-0.2, -0.15) is 0 Å². The summed E-state index contributed by atoms with van der Waals surface area (Å²) in [5.41, 5.74) is 1.69. The van der Waals surface area contributed by atoms with Crippen molar-refractivity contribution in [3.05, 3.63) is 23.3 Å². The van der Waals surface area contributed by atoms with Gasteiger partial charge < -0.3 is 14.9 Å². The van der Waals surface area contributed by atoms with Gasteiger partial charge in [-0.15, -0.1) is 0 Å². The number of phenolic OH excluding ortho intramolecular Hbond substituents is 1. The number of ether oxygens (including phenoxy) is 1. The second-order valence-electron chi connectivity index (χ2n) is 3.57. The smallest absolute Gasteiger partial charge is 0.504 e. The molecule has 0 unspecified atom stereocenters. The van der Waals surface area contributed by atoms with Crippen LogP contribution in [0.3, 0.4) is 0 Å². The lowest BCUT2D eigenvalue weighted by Crippen LogP contribution is -2.04. The third-order valence-electron chi connectivity index (χ3n) is 2.33. The molecule has 4 nitrogen and oxygen atoms in total. The molecule has 16 heavy (non-hydrogen) atoms. The minimum atomic E-state index is -1.41. The Labute approximate surface area is 94.5 Å². The van der Waals surface area contributed by atoms with Gasteiger partial charge in [0.2, 0.25) is 0 Å². The number of phenols is 1. The van der Waals surface area contributed by atoms with Crippen molar-refractivity contribution in [3.8, 4) is 11.5 Å². The number of rotatable bonds is 4. The van der Waals surface area contributed by atoms with E-state index in [1.54, 1.807) is 6.07 Å². The monoisotopic (exact) mass is 224 g/mol. The van der Waals surface area contributed by atoms with Crippen LogP contribution in [0.1, 0.15) is 31.4 Å². The van der Waals surface area contributed by atoms with Crippen molar-refractivity contribution in [2.75, 3.05) is 0 Å². The highest BCUT2D eigenvalue weighted by Crippen LogP contribution is 2.32. The minimum Gasteiger partial charge on any atom is -0.504 e. The first-order valence-electron chi connectivity index (χ1n) is 5.34. The van der Waals surface area contributed by atoms with Gasteiger partial charge in [0, 0.05) is 0 Å². The first-order chi connectivity index (χ1) is 7.58. The van der Waals surface area contributed by atoms with Crippen LogP contribution >= 0.6 is 0 Å². The number of benzene rings is 1. The standard InChI is InChI=1S/C12H16O4/c1-3-5-8-6-9(4-2)11(13)10(7-8)16-12(14)15/h6-7,13H,3-5H2,1-2H3,(H,14,15). The summed E-state index contributed by atoms with van der Waals surface area (Å²) in [5, 5.41) is 18.3. The molecule has 0 aliphatic rings. The van der Waals surface area contributed by atoms with E-state index in [0.29, 0.717) is 12.0 Å². The van der Waals surface area contributed by atoms with E-state index in [0.717, 1.165) is 18.4 Å². The molecule has 2 N–H and O–H groups in total. The first kappa shape index (κ1) is 12.4. The van der Waals surface area contributed by atoms with Crippen LogP contribution in [-0.2, 0) is 12.8 Å². The highest BCUT2D eigenvalue weighted by molar-refractivity contribution is 5.64. The van der Waals surface area contributed by atoms with Gasteiger partial charge in [-0.05, 0) is 30.0 Å². The van der Waals surface area contributed by atoms with E-state index < -0.39 is 6.16 Å². The number of carboxylic acid groups (broad SMARTS) is 1. The third-order valence-corrected chi connectivity index (χ3v) is 2.33. The van der Waals surface area contributed by atoms with Crippen molar-refractivity contribution < 1.29 is 19.7 Å². The molecule has 0 radical (unpaired) electrons. The number of carbonyl (C=O) groups is 1. The normalized spacial score (nSPS) is 10.1. The second-order valence-corrected chi connectivity index (χ2v) is 3.57. The predicted molar refractivity (Wildman–Crippen MR) is 60.1 cm³/mol. The number of aryl methyl sites for hydroxylation is 2. The molecule has 0 fully saturated rings. The van der Waals surface area contributed by atoms with Gasteiger partial charge in [0.25, 0.3) is 0 Å². The lowest BCUT2D eigenvalue weighted by atomic mass is 10.0. The van der Waals surface area contributed by atoms with Crippen LogP contribution in [0.15, 0.2) is 12.1 Å². The molecule has 1 aromatic rings. The Morgan fingerprint density at radius 3 is 2.56 bits per heavy atom. The quantitative estimate of drug-likeness (QED) is 0.609. The Morgan fingerprint density at radius 2 is 2.06 bits per heavy atom. The largest absolute Gasteiger partial charge is 0.511 e. The summed E-state index contributed by atoms with van der Waals surface area (Å²) in [6.07, 6.45) is 1.02. The molecule has 0 spiro atoms. The van der Waals surface area contributed by atoms with Crippen LogP contribution in [0.4, 0.5) is 4.79 Å². The molecule has 0 aromatic heterocycles. The van der Waals surface area contributed by atoms with Crippen molar-refractivity contribution in [2.24, 2.45) is 0 Å². The fraction of sp³-hybridized carbons (Fsp3) is 0.417. The number of aromatic hydroxyl groups is 1. The van der Waals surface area contributed by atoms with E-state index in [9.17, 15) is 9.90 Å². The van der Waals surface area contributed by atoms with Gasteiger partial charge >= 0.3 is 6.16 Å². The van der Waals surface area contributed by atoms with Crippen LogP contribution in [0, 0.1) is 0 Å². The predicted octanol–water partition coefficient (Wildman–Crippen LogP) is 2.96. The molecule has 0 atom stereocenters. The van der Waals surface area contributed by atoms with Crippen LogP contribution in [-0.4, -0.2) is 16.4 Å². The molecule has 4 heteroatoms. The maximum absolute atomic E-state index is 10.5. The summed E-state index contributed by atoms with van der Waals surface area (Å²) in [7, 11) is 0. The van der Waals surface area contributed by atoms with Crippen LogP contribution in [0.25, 0.3) is 0 Å². The minimum absolute atomic E-state index is 0.0234. The van der Waals surface area contributed by atoms with Gasteiger partial charge in [-0.3, -0.25) is 0 Å². The Hall–Kier alpha value is -1.71. The molecule has 0 saturated carbocycles. The van der Waals surface area contributed by atoms with Crippen molar-refractivity contribution in [2.45, 2.75) is 33.1 Å². The molecule has 88 valence electrons. The maximum atomic E-state index is 10.5. The highest BCUT2D eigenvalue weighted by atomic mass is 16.7. The second kappa shape index (κ2) is 5.39. The Kier molecular flexibility index (Phi) is 4.17. The van der Waals surface area contributed by atoms with Gasteiger partial charge in [0.05, 0.1) is 0 Å². The SMILES string of the molecule is CCCc1cc(CC)c(O)c(OC(=O)O)c1. The van der Waals surface area contributed by atoms with Gasteiger partial charge in [0.15, 0.2) is 11.5 Å². The number of hydrogen-bond acceptors (Lipinski definition) is 3. The maximum Gasteiger partial charge on any atom is 0.511 e. The van der Waals surface area contributed by atoms with Crippen molar-refractivity contribution in [3.63, 3.8) is 0 Å².